The number of ether oxygens (including phenoxy) is 2. The number of piperazine rings is 1. The van der Waals surface area contributed by atoms with Gasteiger partial charge in [-0.05, 0) is 44.0 Å². The quantitative estimate of drug-likeness (QED) is 0.273. The normalized spacial score (nSPS) is 16.6. The van der Waals surface area contributed by atoms with E-state index in [1.54, 1.807) is 20.4 Å². The monoisotopic (exact) mass is 584 g/mol. The zero-order chi connectivity index (χ0) is 28.3. The molecule has 5 rings (SSSR count). The first-order valence-electron chi connectivity index (χ1n) is 13.2. The van der Waals surface area contributed by atoms with Crippen molar-refractivity contribution in [3.8, 4) is 5.75 Å². The molecule has 2 aliphatic rings. The molecule has 0 spiro atoms. The number of carbonyl (C=O) groups is 1. The molecule has 3 heterocycles. The highest BCUT2D eigenvalue weighted by atomic mass is 35.5. The summed E-state index contributed by atoms with van der Waals surface area (Å²) in [5, 5.41) is 7.52. The fourth-order valence-corrected chi connectivity index (χ4v) is 6.31. The Morgan fingerprint density at radius 3 is 2.83 bits per heavy atom. The van der Waals surface area contributed by atoms with Gasteiger partial charge < -0.3 is 34.5 Å². The molecule has 0 aliphatic carbocycles. The first-order chi connectivity index (χ1) is 19.2. The van der Waals surface area contributed by atoms with Crippen molar-refractivity contribution in [2.75, 3.05) is 68.8 Å². The lowest BCUT2D eigenvalue weighted by Gasteiger charge is -2.45. The van der Waals surface area contributed by atoms with Gasteiger partial charge in [-0.15, -0.1) is 0 Å². The van der Waals surface area contributed by atoms with Gasteiger partial charge in [-0.3, -0.25) is 4.79 Å². The van der Waals surface area contributed by atoms with Crippen LogP contribution >= 0.6 is 18.7 Å². The Morgan fingerprint density at radius 1 is 1.20 bits per heavy atom. The van der Waals surface area contributed by atoms with Crippen LogP contribution < -0.4 is 25.6 Å². The Morgan fingerprint density at radius 2 is 2.02 bits per heavy atom. The predicted molar refractivity (Wildman–Crippen MR) is 160 cm³/mol. The Labute approximate surface area is 239 Å². The molecule has 3 aromatic rings. The first kappa shape index (κ1) is 28.2. The number of methoxy groups -OCH3 is 1. The minimum Gasteiger partial charge on any atom is -0.489 e. The number of anilines is 5. The van der Waals surface area contributed by atoms with Crippen molar-refractivity contribution in [2.45, 2.75) is 18.9 Å². The number of nitrogens with zero attached hydrogens (tertiary/aromatic N) is 4. The van der Waals surface area contributed by atoms with Crippen molar-refractivity contribution in [3.63, 3.8) is 0 Å². The second kappa shape index (κ2) is 12.0. The summed E-state index contributed by atoms with van der Waals surface area (Å²) < 4.78 is 24.0. The van der Waals surface area contributed by atoms with Crippen molar-refractivity contribution in [3.05, 3.63) is 53.7 Å². The van der Waals surface area contributed by atoms with E-state index in [4.69, 9.17) is 21.1 Å². The van der Waals surface area contributed by atoms with Gasteiger partial charge in [-0.25, -0.2) is 4.98 Å². The zero-order valence-corrected chi connectivity index (χ0v) is 24.5. The number of nitrogens with one attached hydrogen (secondary N) is 2. The molecule has 1 fully saturated rings. The van der Waals surface area contributed by atoms with Gasteiger partial charge in [0.15, 0.2) is 5.82 Å². The molecule has 2 aromatic carbocycles. The lowest BCUT2D eigenvalue weighted by molar-refractivity contribution is -0.132. The van der Waals surface area contributed by atoms with Crippen LogP contribution in [0.3, 0.4) is 0 Å². The summed E-state index contributed by atoms with van der Waals surface area (Å²) in [6.45, 7) is 6.64. The average Bonchev–Trinajstić information content (AvgIpc) is 2.94. The molecule has 1 saturated heterocycles. The third-order valence-electron chi connectivity index (χ3n) is 7.01. The molecule has 10 nitrogen and oxygen atoms in total. The molecule has 0 bridgehead atoms. The summed E-state index contributed by atoms with van der Waals surface area (Å²) in [5.41, 5.74) is 2.47. The summed E-state index contributed by atoms with van der Waals surface area (Å²) in [7, 11) is -0.867. The van der Waals surface area contributed by atoms with E-state index in [2.05, 4.69) is 25.5 Å². The number of benzene rings is 2. The number of halogens is 1. The van der Waals surface area contributed by atoms with E-state index in [0.29, 0.717) is 55.2 Å². The third-order valence-corrected chi connectivity index (χ3v) is 8.84. The molecule has 2 aliphatic heterocycles. The zero-order valence-electron chi connectivity index (χ0n) is 22.9. The molecule has 0 saturated carbocycles. The molecule has 0 unspecified atom stereocenters. The Hall–Kier alpha value is -3.33. The van der Waals surface area contributed by atoms with Gasteiger partial charge in [0, 0.05) is 56.8 Å². The summed E-state index contributed by atoms with van der Waals surface area (Å²) in [6, 6.07) is 13.4. The number of rotatable bonds is 9. The Bertz CT molecular complexity index is 1430. The largest absolute Gasteiger partial charge is 0.489 e. The van der Waals surface area contributed by atoms with Gasteiger partial charge in [-0.2, -0.15) is 4.98 Å². The third kappa shape index (κ3) is 6.35. The SMILES string of the molecule is COCCCC(=O)N1CCN2c3ccc(Nc4ncc(Cl)c(Nc5ccccc5P(C)(C)=O)n4)cc3OC[C@H]2C1. The maximum absolute atomic E-state index is 12.8. The molecule has 2 N–H and O–H groups in total. The summed E-state index contributed by atoms with van der Waals surface area (Å²) in [5.74, 6) is 1.70. The summed E-state index contributed by atoms with van der Waals surface area (Å²) in [6.07, 6.45) is 2.76. The van der Waals surface area contributed by atoms with Crippen molar-refractivity contribution in [1.29, 1.82) is 0 Å². The molecular formula is C28H34ClN6O4P. The summed E-state index contributed by atoms with van der Waals surface area (Å²) >= 11 is 6.40. The van der Waals surface area contributed by atoms with E-state index in [0.717, 1.165) is 35.4 Å². The molecule has 40 heavy (non-hydrogen) atoms. The van der Waals surface area contributed by atoms with Crippen molar-refractivity contribution < 1.29 is 18.8 Å². The van der Waals surface area contributed by atoms with Crippen molar-refractivity contribution in [2.24, 2.45) is 0 Å². The molecule has 12 heteroatoms. The number of para-hydroxylation sites is 1. The topological polar surface area (TPSA) is 109 Å². The van der Waals surface area contributed by atoms with Crippen LogP contribution in [0.15, 0.2) is 48.7 Å². The van der Waals surface area contributed by atoms with Crippen molar-refractivity contribution in [1.82, 2.24) is 14.9 Å². The van der Waals surface area contributed by atoms with Crippen LogP contribution in [-0.2, 0) is 14.1 Å². The van der Waals surface area contributed by atoms with Crippen LogP contribution in [0.2, 0.25) is 5.02 Å². The first-order valence-corrected chi connectivity index (χ1v) is 16.2. The van der Waals surface area contributed by atoms with E-state index >= 15 is 0 Å². The van der Waals surface area contributed by atoms with E-state index in [1.165, 1.54) is 6.20 Å². The number of aromatic nitrogens is 2. The molecule has 1 aromatic heterocycles. The Balaban J connectivity index is 1.27. The smallest absolute Gasteiger partial charge is 0.229 e. The molecule has 0 radical (unpaired) electrons. The van der Waals surface area contributed by atoms with Crippen LogP contribution in [0.4, 0.5) is 28.8 Å². The number of fused-ring (bicyclic) bond motifs is 3. The van der Waals surface area contributed by atoms with Crippen LogP contribution in [0.25, 0.3) is 0 Å². The van der Waals surface area contributed by atoms with Gasteiger partial charge in [0.1, 0.15) is 24.5 Å². The number of carbonyl (C=O) groups excluding carboxylic acids is 1. The highest BCUT2D eigenvalue weighted by Gasteiger charge is 2.34. The maximum atomic E-state index is 12.8. The highest BCUT2D eigenvalue weighted by Crippen LogP contribution is 2.40. The van der Waals surface area contributed by atoms with Gasteiger partial charge >= 0.3 is 0 Å². The lowest BCUT2D eigenvalue weighted by atomic mass is 10.1. The van der Waals surface area contributed by atoms with Gasteiger partial charge in [0.05, 0.1) is 23.6 Å². The number of hydrogen-bond donors (Lipinski definition) is 2. The predicted octanol–water partition coefficient (Wildman–Crippen LogP) is 4.70. The van der Waals surface area contributed by atoms with E-state index < -0.39 is 7.14 Å². The minimum atomic E-state index is -2.52. The summed E-state index contributed by atoms with van der Waals surface area (Å²) in [4.78, 5) is 25.7. The van der Waals surface area contributed by atoms with Gasteiger partial charge in [0.2, 0.25) is 11.9 Å². The van der Waals surface area contributed by atoms with Crippen LogP contribution in [0.1, 0.15) is 12.8 Å². The van der Waals surface area contributed by atoms with E-state index in [1.807, 2.05) is 47.4 Å². The lowest BCUT2D eigenvalue weighted by Crippen LogP contribution is -2.58. The second-order valence-corrected chi connectivity index (χ2v) is 13.9. The molecular weight excluding hydrogens is 551 g/mol. The van der Waals surface area contributed by atoms with Crippen LogP contribution in [-0.4, -0.2) is 80.1 Å². The van der Waals surface area contributed by atoms with E-state index in [-0.39, 0.29) is 11.9 Å². The average molecular weight is 585 g/mol. The Kier molecular flexibility index (Phi) is 8.49. The molecule has 212 valence electrons. The molecule has 1 atom stereocenters. The van der Waals surface area contributed by atoms with Gasteiger partial charge in [-0.1, -0.05) is 23.7 Å². The minimum absolute atomic E-state index is 0.115. The second-order valence-electron chi connectivity index (χ2n) is 10.3. The standard InChI is InChI=1S/C28H34ClN6O4P/c1-38-14-6-9-26(36)34-12-13-35-20(17-34)18-39-24-15-19(10-11-23(24)35)31-28-30-16-21(29)27(33-28)32-22-7-4-5-8-25(22)40(2,3)37/h4-5,7-8,10-11,15-16,20H,6,9,12-14,17-18H2,1-3H3,(H2,30,31,32,33)/t20-/m1/s1. The maximum Gasteiger partial charge on any atom is 0.229 e. The van der Waals surface area contributed by atoms with Crippen molar-refractivity contribution >= 4 is 58.8 Å². The number of hydrogen-bond acceptors (Lipinski definition) is 9. The fraction of sp³-hybridized carbons (Fsp3) is 0.393. The molecule has 1 amide bonds. The van der Waals surface area contributed by atoms with Crippen LogP contribution in [0, 0.1) is 0 Å². The number of amides is 1. The van der Waals surface area contributed by atoms with Gasteiger partial charge in [0.25, 0.3) is 0 Å². The highest BCUT2D eigenvalue weighted by molar-refractivity contribution is 7.70. The van der Waals surface area contributed by atoms with E-state index in [9.17, 15) is 9.36 Å². The van der Waals surface area contributed by atoms with Crippen LogP contribution in [0.5, 0.6) is 5.75 Å². The fourth-order valence-electron chi connectivity index (χ4n) is 5.02.